The zero-order valence-electron chi connectivity index (χ0n) is 11.5. The molecule has 2 rings (SSSR count). The fourth-order valence-electron chi connectivity index (χ4n) is 2.22. The molecule has 20 heavy (non-hydrogen) atoms. The first-order valence-electron chi connectivity index (χ1n) is 6.70. The van der Waals surface area contributed by atoms with E-state index >= 15 is 0 Å². The van der Waals surface area contributed by atoms with Crippen molar-refractivity contribution in [3.05, 3.63) is 35.9 Å². The number of rotatable bonds is 3. The summed E-state index contributed by atoms with van der Waals surface area (Å²) >= 11 is 0. The molecule has 0 spiro atoms. The number of aliphatic hydroxyl groups is 1. The van der Waals surface area contributed by atoms with E-state index in [-0.39, 0.29) is 25.2 Å². The normalized spacial score (nSPS) is 17.6. The van der Waals surface area contributed by atoms with E-state index in [9.17, 15) is 14.7 Å². The van der Waals surface area contributed by atoms with Crippen LogP contribution in [0.5, 0.6) is 0 Å². The van der Waals surface area contributed by atoms with Crippen molar-refractivity contribution in [3.63, 3.8) is 0 Å². The molecule has 0 aliphatic carbocycles. The smallest absolute Gasteiger partial charge is 0.410 e. The Kier molecular flexibility index (Phi) is 4.39. The summed E-state index contributed by atoms with van der Waals surface area (Å²) in [7, 11) is 0. The van der Waals surface area contributed by atoms with Gasteiger partial charge >= 0.3 is 6.09 Å². The highest BCUT2D eigenvalue weighted by Gasteiger charge is 2.38. The van der Waals surface area contributed by atoms with E-state index in [1.807, 2.05) is 30.3 Å². The van der Waals surface area contributed by atoms with Gasteiger partial charge in [-0.3, -0.25) is 4.79 Å². The summed E-state index contributed by atoms with van der Waals surface area (Å²) in [5, 5.41) is 10.0. The van der Waals surface area contributed by atoms with E-state index in [1.54, 1.807) is 0 Å². The summed E-state index contributed by atoms with van der Waals surface area (Å²) in [5.41, 5.74) is -0.353. The fourth-order valence-corrected chi connectivity index (χ4v) is 2.22. The maximum absolute atomic E-state index is 11.9. The van der Waals surface area contributed by atoms with Gasteiger partial charge in [0, 0.05) is 25.9 Å². The number of carbonyl (C=O) groups excluding carboxylic acids is 2. The Hall–Kier alpha value is -1.88. The van der Waals surface area contributed by atoms with Gasteiger partial charge in [-0.2, -0.15) is 0 Å². The highest BCUT2D eigenvalue weighted by Crippen LogP contribution is 2.23. The Morgan fingerprint density at radius 2 is 1.85 bits per heavy atom. The van der Waals surface area contributed by atoms with Gasteiger partial charge in [-0.15, -0.1) is 0 Å². The Labute approximate surface area is 118 Å². The molecule has 1 saturated heterocycles. The number of ether oxygens (including phenoxy) is 1. The maximum Gasteiger partial charge on any atom is 0.410 e. The number of ketones is 1. The van der Waals surface area contributed by atoms with Gasteiger partial charge in [-0.25, -0.2) is 4.79 Å². The van der Waals surface area contributed by atoms with Crippen LogP contribution in [0.1, 0.15) is 25.3 Å². The molecule has 0 unspecified atom stereocenters. The number of amides is 1. The van der Waals surface area contributed by atoms with Crippen molar-refractivity contribution in [3.8, 4) is 0 Å². The van der Waals surface area contributed by atoms with Crippen molar-refractivity contribution in [1.29, 1.82) is 0 Å². The minimum atomic E-state index is -1.28. The summed E-state index contributed by atoms with van der Waals surface area (Å²) in [4.78, 5) is 24.7. The minimum Gasteiger partial charge on any atom is -0.445 e. The lowest BCUT2D eigenvalue weighted by molar-refractivity contribution is -0.139. The molecule has 0 radical (unpaired) electrons. The molecule has 0 bridgehead atoms. The van der Waals surface area contributed by atoms with Crippen LogP contribution >= 0.6 is 0 Å². The molecule has 1 amide bonds. The van der Waals surface area contributed by atoms with Crippen LogP contribution in [0, 0.1) is 0 Å². The number of likely N-dealkylation sites (tertiary alicyclic amines) is 1. The number of hydrogen-bond acceptors (Lipinski definition) is 4. The molecule has 1 fully saturated rings. The summed E-state index contributed by atoms with van der Waals surface area (Å²) in [6.07, 6.45) is 0.130. The van der Waals surface area contributed by atoms with Gasteiger partial charge in [0.2, 0.25) is 0 Å². The molecule has 0 atom stereocenters. The van der Waals surface area contributed by atoms with E-state index < -0.39 is 11.7 Å². The Morgan fingerprint density at radius 3 is 2.40 bits per heavy atom. The van der Waals surface area contributed by atoms with Gasteiger partial charge in [0.25, 0.3) is 0 Å². The number of benzene rings is 1. The van der Waals surface area contributed by atoms with Crippen LogP contribution in [-0.2, 0) is 16.1 Å². The average Bonchev–Trinajstić information content (AvgIpc) is 2.46. The van der Waals surface area contributed by atoms with E-state index in [4.69, 9.17) is 4.74 Å². The number of Topliss-reactive ketones (excluding diaryl/α,β-unsaturated/α-hetero) is 1. The van der Waals surface area contributed by atoms with Gasteiger partial charge in [0.1, 0.15) is 12.2 Å². The van der Waals surface area contributed by atoms with E-state index in [0.29, 0.717) is 13.1 Å². The van der Waals surface area contributed by atoms with Crippen LogP contribution < -0.4 is 0 Å². The molecule has 5 nitrogen and oxygen atoms in total. The summed E-state index contributed by atoms with van der Waals surface area (Å²) in [6.45, 7) is 2.28. The predicted octanol–water partition coefficient (Wildman–Crippen LogP) is 1.74. The Morgan fingerprint density at radius 1 is 1.25 bits per heavy atom. The van der Waals surface area contributed by atoms with Gasteiger partial charge in [-0.1, -0.05) is 30.3 Å². The molecule has 5 heteroatoms. The lowest BCUT2D eigenvalue weighted by atomic mass is 9.88. The van der Waals surface area contributed by atoms with E-state index in [1.165, 1.54) is 11.8 Å². The molecular weight excluding hydrogens is 258 g/mol. The zero-order chi connectivity index (χ0) is 14.6. The first-order chi connectivity index (χ1) is 9.51. The van der Waals surface area contributed by atoms with Gasteiger partial charge in [0.05, 0.1) is 0 Å². The molecule has 1 N–H and O–H groups in total. The Balaban J connectivity index is 1.82. The third-order valence-corrected chi connectivity index (χ3v) is 3.71. The third-order valence-electron chi connectivity index (χ3n) is 3.71. The van der Waals surface area contributed by atoms with Crippen molar-refractivity contribution in [2.24, 2.45) is 0 Å². The van der Waals surface area contributed by atoms with Crippen molar-refractivity contribution < 1.29 is 19.4 Å². The van der Waals surface area contributed by atoms with Crippen molar-refractivity contribution in [2.45, 2.75) is 32.0 Å². The van der Waals surface area contributed by atoms with Crippen molar-refractivity contribution in [2.75, 3.05) is 13.1 Å². The second-order valence-corrected chi connectivity index (χ2v) is 5.12. The highest BCUT2D eigenvalue weighted by atomic mass is 16.6. The summed E-state index contributed by atoms with van der Waals surface area (Å²) in [6, 6.07) is 9.45. The molecule has 1 heterocycles. The first-order valence-corrected chi connectivity index (χ1v) is 6.70. The molecule has 108 valence electrons. The lowest BCUT2D eigenvalue weighted by Gasteiger charge is -2.35. The van der Waals surface area contributed by atoms with Crippen LogP contribution in [0.4, 0.5) is 4.79 Å². The second kappa shape index (κ2) is 6.05. The van der Waals surface area contributed by atoms with Crippen LogP contribution in [0.25, 0.3) is 0 Å². The van der Waals surface area contributed by atoms with E-state index in [0.717, 1.165) is 5.56 Å². The lowest BCUT2D eigenvalue weighted by Crippen LogP contribution is -2.50. The standard InChI is InChI=1S/C15H19NO4/c1-12(17)15(19)7-9-16(10-8-15)14(18)20-11-13-5-3-2-4-6-13/h2-6,19H,7-11H2,1H3. The van der Waals surface area contributed by atoms with E-state index in [2.05, 4.69) is 0 Å². The fraction of sp³-hybridized carbons (Fsp3) is 0.467. The highest BCUT2D eigenvalue weighted by molar-refractivity contribution is 5.85. The van der Waals surface area contributed by atoms with Crippen molar-refractivity contribution >= 4 is 11.9 Å². The van der Waals surface area contributed by atoms with Crippen LogP contribution in [0.2, 0.25) is 0 Å². The number of hydrogen-bond donors (Lipinski definition) is 1. The molecule has 1 aromatic carbocycles. The molecule has 0 saturated carbocycles. The summed E-state index contributed by atoms with van der Waals surface area (Å²) < 4.78 is 5.22. The topological polar surface area (TPSA) is 66.8 Å². The van der Waals surface area contributed by atoms with Gasteiger partial charge in [-0.05, 0) is 12.5 Å². The predicted molar refractivity (Wildman–Crippen MR) is 73.1 cm³/mol. The number of carbonyl (C=O) groups is 2. The first kappa shape index (κ1) is 14.5. The van der Waals surface area contributed by atoms with Crippen LogP contribution in [0.3, 0.4) is 0 Å². The largest absolute Gasteiger partial charge is 0.445 e. The second-order valence-electron chi connectivity index (χ2n) is 5.12. The van der Waals surface area contributed by atoms with Crippen LogP contribution in [0.15, 0.2) is 30.3 Å². The molecule has 1 aliphatic rings. The SMILES string of the molecule is CC(=O)C1(O)CCN(C(=O)OCc2ccccc2)CC1. The van der Waals surface area contributed by atoms with Crippen LogP contribution in [-0.4, -0.2) is 40.6 Å². The third kappa shape index (κ3) is 3.36. The minimum absolute atomic E-state index is 0.229. The molecular formula is C15H19NO4. The van der Waals surface area contributed by atoms with Gasteiger partial charge in [0.15, 0.2) is 5.78 Å². The maximum atomic E-state index is 11.9. The summed E-state index contributed by atoms with van der Waals surface area (Å²) in [5.74, 6) is -0.241. The molecule has 0 aromatic heterocycles. The average molecular weight is 277 g/mol. The monoisotopic (exact) mass is 277 g/mol. The quantitative estimate of drug-likeness (QED) is 0.914. The van der Waals surface area contributed by atoms with Crippen molar-refractivity contribution in [1.82, 2.24) is 4.90 Å². The zero-order valence-corrected chi connectivity index (χ0v) is 11.5. The number of nitrogens with zero attached hydrogens (tertiary/aromatic N) is 1. The Bertz CT molecular complexity index is 478. The molecule has 1 aromatic rings. The molecule has 1 aliphatic heterocycles. The van der Waals surface area contributed by atoms with Gasteiger partial charge < -0.3 is 14.7 Å². The number of piperidine rings is 1.